The van der Waals surface area contributed by atoms with E-state index in [0.717, 1.165) is 0 Å². The Morgan fingerprint density at radius 2 is 2.00 bits per heavy atom. The van der Waals surface area contributed by atoms with Crippen LogP contribution >= 0.6 is 0 Å². The van der Waals surface area contributed by atoms with Crippen molar-refractivity contribution in [3.05, 3.63) is 47.5 Å². The number of nitrogens with zero attached hydrogens (tertiary/aromatic N) is 4. The van der Waals surface area contributed by atoms with Crippen LogP contribution in [0.25, 0.3) is 0 Å². The highest BCUT2D eigenvalue weighted by Crippen LogP contribution is 2.26. The summed E-state index contributed by atoms with van der Waals surface area (Å²) in [6.07, 6.45) is 0.643. The molecule has 0 saturated carbocycles. The molecule has 0 spiro atoms. The van der Waals surface area contributed by atoms with Crippen LogP contribution in [0.15, 0.2) is 30.3 Å². The summed E-state index contributed by atoms with van der Waals surface area (Å²) in [5.41, 5.74) is 0.597. The van der Waals surface area contributed by atoms with E-state index in [1.165, 1.54) is 0 Å². The van der Waals surface area contributed by atoms with E-state index in [4.69, 9.17) is 5.11 Å². The van der Waals surface area contributed by atoms with E-state index in [1.54, 1.807) is 21.9 Å². The van der Waals surface area contributed by atoms with E-state index < -0.39 is 0 Å². The zero-order chi connectivity index (χ0) is 18.5. The molecule has 1 aliphatic rings. The minimum absolute atomic E-state index is 0.0943. The van der Waals surface area contributed by atoms with Gasteiger partial charge in [0.1, 0.15) is 5.82 Å². The third-order valence-corrected chi connectivity index (χ3v) is 4.53. The number of H-pyrrole nitrogens is 1. The number of hydrogen-bond donors (Lipinski definition) is 2. The number of rotatable bonds is 4. The predicted molar refractivity (Wildman–Crippen MR) is 94.2 cm³/mol. The van der Waals surface area contributed by atoms with Gasteiger partial charge in [0, 0.05) is 31.6 Å². The lowest BCUT2D eigenvalue weighted by Crippen LogP contribution is -2.38. The molecule has 138 valence electrons. The number of carbonyl (C=O) groups excluding carboxylic acids is 2. The third kappa shape index (κ3) is 3.91. The van der Waals surface area contributed by atoms with Gasteiger partial charge in [0.15, 0.2) is 5.82 Å². The standard InChI is InChI=1S/C18H23N5O3/c1-13-19-17(21-20-13)15-7-9-22(16(25)8-12-24)10-11-23(15)18(26)14-5-3-2-4-6-14/h2-6,15,24H,7-12H2,1H3,(H,19,20,21). The maximum absolute atomic E-state index is 13.1. The molecule has 1 aromatic carbocycles. The summed E-state index contributed by atoms with van der Waals surface area (Å²) in [4.78, 5) is 33.1. The second-order valence-electron chi connectivity index (χ2n) is 6.30. The molecule has 26 heavy (non-hydrogen) atoms. The summed E-state index contributed by atoms with van der Waals surface area (Å²) in [7, 11) is 0. The van der Waals surface area contributed by atoms with Crippen molar-refractivity contribution in [2.45, 2.75) is 25.8 Å². The highest BCUT2D eigenvalue weighted by Gasteiger charge is 2.33. The molecule has 2 N–H and O–H groups in total. The van der Waals surface area contributed by atoms with Crippen molar-refractivity contribution in [3.63, 3.8) is 0 Å². The lowest BCUT2D eigenvalue weighted by molar-refractivity contribution is -0.131. The maximum Gasteiger partial charge on any atom is 0.254 e. The first-order chi connectivity index (χ1) is 12.6. The Balaban J connectivity index is 1.87. The fraction of sp³-hybridized carbons (Fsp3) is 0.444. The van der Waals surface area contributed by atoms with E-state index in [9.17, 15) is 9.59 Å². The minimum Gasteiger partial charge on any atom is -0.396 e. The number of aliphatic hydroxyl groups excluding tert-OH is 1. The largest absolute Gasteiger partial charge is 0.396 e. The van der Waals surface area contributed by atoms with E-state index in [0.29, 0.717) is 43.3 Å². The first kappa shape index (κ1) is 18.1. The van der Waals surface area contributed by atoms with Gasteiger partial charge in [-0.3, -0.25) is 14.7 Å². The van der Waals surface area contributed by atoms with Crippen LogP contribution in [0, 0.1) is 6.92 Å². The number of aliphatic hydroxyl groups is 1. The van der Waals surface area contributed by atoms with Crippen LogP contribution in [-0.4, -0.2) is 68.1 Å². The maximum atomic E-state index is 13.1. The molecule has 0 radical (unpaired) electrons. The molecule has 1 aromatic heterocycles. The van der Waals surface area contributed by atoms with Gasteiger partial charge in [-0.1, -0.05) is 18.2 Å². The molecule has 1 saturated heterocycles. The Labute approximate surface area is 151 Å². The minimum atomic E-state index is -0.306. The number of aromatic amines is 1. The molecule has 8 nitrogen and oxygen atoms in total. The summed E-state index contributed by atoms with van der Waals surface area (Å²) >= 11 is 0. The molecule has 8 heteroatoms. The number of aromatic nitrogens is 3. The first-order valence-electron chi connectivity index (χ1n) is 8.73. The van der Waals surface area contributed by atoms with Gasteiger partial charge in [-0.2, -0.15) is 5.10 Å². The summed E-state index contributed by atoms with van der Waals surface area (Å²) in [6, 6.07) is 8.77. The van der Waals surface area contributed by atoms with Crippen LogP contribution < -0.4 is 0 Å². The van der Waals surface area contributed by atoms with Crippen molar-refractivity contribution in [3.8, 4) is 0 Å². The van der Waals surface area contributed by atoms with Gasteiger partial charge in [0.05, 0.1) is 12.6 Å². The van der Waals surface area contributed by atoms with Gasteiger partial charge in [-0.15, -0.1) is 0 Å². The predicted octanol–water partition coefficient (Wildman–Crippen LogP) is 0.911. The van der Waals surface area contributed by atoms with Crippen LogP contribution in [0.2, 0.25) is 0 Å². The van der Waals surface area contributed by atoms with Gasteiger partial charge in [-0.25, -0.2) is 4.98 Å². The van der Waals surface area contributed by atoms with Crippen LogP contribution in [-0.2, 0) is 4.79 Å². The molecule has 2 amide bonds. The van der Waals surface area contributed by atoms with Crippen molar-refractivity contribution < 1.29 is 14.7 Å². The monoisotopic (exact) mass is 357 g/mol. The number of aryl methyl sites for hydroxylation is 1. The van der Waals surface area contributed by atoms with Gasteiger partial charge < -0.3 is 14.9 Å². The SMILES string of the molecule is Cc1nc(C2CCN(C(=O)CCO)CCN2C(=O)c2ccccc2)n[nH]1. The van der Waals surface area contributed by atoms with Crippen LogP contribution in [0.5, 0.6) is 0 Å². The number of carbonyl (C=O) groups is 2. The topological polar surface area (TPSA) is 102 Å². The molecular weight excluding hydrogens is 334 g/mol. The van der Waals surface area contributed by atoms with E-state index in [2.05, 4.69) is 15.2 Å². The zero-order valence-corrected chi connectivity index (χ0v) is 14.8. The molecule has 1 atom stereocenters. The fourth-order valence-corrected chi connectivity index (χ4v) is 3.20. The second-order valence-corrected chi connectivity index (χ2v) is 6.30. The molecule has 0 aliphatic carbocycles. The molecular formula is C18H23N5O3. The van der Waals surface area contributed by atoms with Crippen LogP contribution in [0.4, 0.5) is 0 Å². The number of amides is 2. The Morgan fingerprint density at radius 3 is 2.65 bits per heavy atom. The molecule has 1 unspecified atom stereocenters. The average molecular weight is 357 g/mol. The van der Waals surface area contributed by atoms with Crippen molar-refractivity contribution >= 4 is 11.8 Å². The van der Waals surface area contributed by atoms with Crippen LogP contribution in [0.3, 0.4) is 0 Å². The highest BCUT2D eigenvalue weighted by molar-refractivity contribution is 5.94. The summed E-state index contributed by atoms with van der Waals surface area (Å²) < 4.78 is 0. The smallest absolute Gasteiger partial charge is 0.254 e. The highest BCUT2D eigenvalue weighted by atomic mass is 16.3. The van der Waals surface area contributed by atoms with Crippen molar-refractivity contribution in [2.24, 2.45) is 0 Å². The van der Waals surface area contributed by atoms with Gasteiger partial charge >= 0.3 is 0 Å². The Morgan fingerprint density at radius 1 is 1.23 bits per heavy atom. The second kappa shape index (κ2) is 8.09. The Bertz CT molecular complexity index is 761. The lowest BCUT2D eigenvalue weighted by Gasteiger charge is -2.27. The Hall–Kier alpha value is -2.74. The summed E-state index contributed by atoms with van der Waals surface area (Å²) in [6.45, 7) is 2.95. The molecule has 1 aliphatic heterocycles. The van der Waals surface area contributed by atoms with Crippen molar-refractivity contribution in [2.75, 3.05) is 26.2 Å². The quantitative estimate of drug-likeness (QED) is 0.847. The van der Waals surface area contributed by atoms with E-state index >= 15 is 0 Å². The summed E-state index contributed by atoms with van der Waals surface area (Å²) in [5, 5.41) is 16.1. The number of benzene rings is 1. The summed E-state index contributed by atoms with van der Waals surface area (Å²) in [5.74, 6) is 1.04. The van der Waals surface area contributed by atoms with E-state index in [-0.39, 0.29) is 30.9 Å². The normalized spacial score (nSPS) is 17.8. The fourth-order valence-electron chi connectivity index (χ4n) is 3.20. The lowest BCUT2D eigenvalue weighted by atomic mass is 10.1. The van der Waals surface area contributed by atoms with Gasteiger partial charge in [-0.05, 0) is 25.5 Å². The van der Waals surface area contributed by atoms with Gasteiger partial charge in [0.25, 0.3) is 5.91 Å². The van der Waals surface area contributed by atoms with Crippen molar-refractivity contribution in [1.82, 2.24) is 25.0 Å². The molecule has 0 bridgehead atoms. The Kier molecular flexibility index (Phi) is 5.62. The zero-order valence-electron chi connectivity index (χ0n) is 14.8. The number of hydrogen-bond acceptors (Lipinski definition) is 5. The molecule has 2 heterocycles. The number of nitrogens with one attached hydrogen (secondary N) is 1. The van der Waals surface area contributed by atoms with Gasteiger partial charge in [0.2, 0.25) is 5.91 Å². The molecule has 3 rings (SSSR count). The van der Waals surface area contributed by atoms with E-state index in [1.807, 2.05) is 25.1 Å². The van der Waals surface area contributed by atoms with Crippen molar-refractivity contribution in [1.29, 1.82) is 0 Å². The molecule has 1 fully saturated rings. The third-order valence-electron chi connectivity index (χ3n) is 4.53. The first-order valence-corrected chi connectivity index (χ1v) is 8.73. The molecule has 2 aromatic rings. The van der Waals surface area contributed by atoms with Crippen LogP contribution in [0.1, 0.15) is 40.9 Å². The average Bonchev–Trinajstić information content (AvgIpc) is 2.96.